The van der Waals surface area contributed by atoms with Crippen LogP contribution >= 0.6 is 0 Å². The van der Waals surface area contributed by atoms with Crippen LogP contribution in [0.3, 0.4) is 0 Å². The molecule has 1 aliphatic rings. The first-order chi connectivity index (χ1) is 17.8. The molecule has 1 heterocycles. The van der Waals surface area contributed by atoms with Crippen molar-refractivity contribution in [3.05, 3.63) is 101 Å². The number of amides is 1. The highest BCUT2D eigenvalue weighted by Gasteiger charge is 2.22. The molecule has 4 rings (SSSR count). The summed E-state index contributed by atoms with van der Waals surface area (Å²) in [6, 6.07) is 24.1. The number of benzene rings is 3. The van der Waals surface area contributed by atoms with Crippen LogP contribution in [-0.2, 0) is 12.0 Å². The summed E-state index contributed by atoms with van der Waals surface area (Å²) in [6.45, 7) is 11.0. The topological polar surface area (TPSA) is 42.0 Å². The van der Waals surface area contributed by atoms with E-state index >= 15 is 0 Å². The molecule has 37 heavy (non-hydrogen) atoms. The lowest BCUT2D eigenvalue weighted by Crippen LogP contribution is -2.48. The zero-order valence-corrected chi connectivity index (χ0v) is 22.4. The highest BCUT2D eigenvalue weighted by atomic mass is 16.5. The molecule has 1 saturated heterocycles. The SMILES string of the molecule is COc1ccc(C(=O)N2CCN(C/C=C/c3ccccc3)CC2)cc1COc1ccc(C(C)(C)C)cc1. The first-order valence-electron chi connectivity index (χ1n) is 13.0. The molecule has 1 aliphatic heterocycles. The van der Waals surface area contributed by atoms with Crippen LogP contribution in [0.1, 0.15) is 47.8 Å². The number of methoxy groups -OCH3 is 1. The Balaban J connectivity index is 1.33. The van der Waals surface area contributed by atoms with Gasteiger partial charge in [-0.05, 0) is 46.9 Å². The van der Waals surface area contributed by atoms with E-state index in [0.717, 1.165) is 49.8 Å². The molecule has 194 valence electrons. The van der Waals surface area contributed by atoms with Gasteiger partial charge in [0, 0.05) is 43.9 Å². The quantitative estimate of drug-likeness (QED) is 0.380. The van der Waals surface area contributed by atoms with Crippen LogP contribution in [0.15, 0.2) is 78.9 Å². The molecule has 0 unspecified atom stereocenters. The summed E-state index contributed by atoms with van der Waals surface area (Å²) >= 11 is 0. The minimum absolute atomic E-state index is 0.0536. The highest BCUT2D eigenvalue weighted by molar-refractivity contribution is 5.94. The molecule has 0 radical (unpaired) electrons. The summed E-state index contributed by atoms with van der Waals surface area (Å²) in [7, 11) is 1.64. The Hall–Kier alpha value is -3.57. The Morgan fingerprint density at radius 1 is 0.919 bits per heavy atom. The number of carbonyl (C=O) groups is 1. The second-order valence-corrected chi connectivity index (χ2v) is 10.5. The summed E-state index contributed by atoms with van der Waals surface area (Å²) in [6.07, 6.45) is 4.34. The second-order valence-electron chi connectivity index (χ2n) is 10.5. The molecule has 0 spiro atoms. The van der Waals surface area contributed by atoms with Gasteiger partial charge in [0.2, 0.25) is 0 Å². The molecule has 0 aromatic heterocycles. The van der Waals surface area contributed by atoms with Crippen LogP contribution in [-0.4, -0.2) is 55.5 Å². The van der Waals surface area contributed by atoms with E-state index in [-0.39, 0.29) is 11.3 Å². The number of hydrogen-bond donors (Lipinski definition) is 0. The van der Waals surface area contributed by atoms with E-state index in [1.165, 1.54) is 11.1 Å². The van der Waals surface area contributed by atoms with Crippen LogP contribution in [0.4, 0.5) is 0 Å². The number of carbonyl (C=O) groups excluding carboxylic acids is 1. The zero-order chi connectivity index (χ0) is 26.3. The van der Waals surface area contributed by atoms with Gasteiger partial charge in [-0.1, -0.05) is 75.4 Å². The van der Waals surface area contributed by atoms with Gasteiger partial charge < -0.3 is 14.4 Å². The van der Waals surface area contributed by atoms with Gasteiger partial charge in [0.1, 0.15) is 18.1 Å². The van der Waals surface area contributed by atoms with Gasteiger partial charge in [0.05, 0.1) is 7.11 Å². The van der Waals surface area contributed by atoms with Gasteiger partial charge >= 0.3 is 0 Å². The Labute approximate surface area is 221 Å². The van der Waals surface area contributed by atoms with Gasteiger partial charge in [-0.25, -0.2) is 0 Å². The zero-order valence-electron chi connectivity index (χ0n) is 22.4. The van der Waals surface area contributed by atoms with Crippen LogP contribution in [0, 0.1) is 0 Å². The van der Waals surface area contributed by atoms with Crippen LogP contribution in [0.2, 0.25) is 0 Å². The fourth-order valence-electron chi connectivity index (χ4n) is 4.45. The predicted octanol–water partition coefficient (Wildman–Crippen LogP) is 6.04. The normalized spacial score (nSPS) is 14.6. The second kappa shape index (κ2) is 12.1. The number of hydrogen-bond acceptors (Lipinski definition) is 4. The summed E-state index contributed by atoms with van der Waals surface area (Å²) in [5, 5.41) is 0. The minimum atomic E-state index is 0.0536. The molecular weight excluding hydrogens is 460 g/mol. The Bertz CT molecular complexity index is 1190. The lowest BCUT2D eigenvalue weighted by atomic mass is 9.87. The van der Waals surface area contributed by atoms with E-state index in [1.807, 2.05) is 53.4 Å². The van der Waals surface area contributed by atoms with Gasteiger partial charge in [0.15, 0.2) is 0 Å². The van der Waals surface area contributed by atoms with Crippen molar-refractivity contribution in [2.75, 3.05) is 39.8 Å². The first kappa shape index (κ1) is 26.5. The third-order valence-electron chi connectivity index (χ3n) is 6.78. The molecule has 1 amide bonds. The molecule has 5 nitrogen and oxygen atoms in total. The first-order valence-corrected chi connectivity index (χ1v) is 13.0. The molecular formula is C32H38N2O3. The van der Waals surface area contributed by atoms with Gasteiger partial charge in [-0.15, -0.1) is 0 Å². The molecule has 0 saturated carbocycles. The van der Waals surface area contributed by atoms with Crippen molar-refractivity contribution in [2.45, 2.75) is 32.8 Å². The average Bonchev–Trinajstić information content (AvgIpc) is 2.92. The van der Waals surface area contributed by atoms with Crippen LogP contribution in [0.5, 0.6) is 11.5 Å². The molecule has 0 aliphatic carbocycles. The van der Waals surface area contributed by atoms with Gasteiger partial charge in [-0.3, -0.25) is 9.69 Å². The standard InChI is InChI=1S/C32H38N2O3/c1-32(2,3)28-13-15-29(16-14-28)37-24-27-23-26(12-17-30(27)36-4)31(35)34-21-19-33(20-22-34)18-8-11-25-9-6-5-7-10-25/h5-17,23H,18-22,24H2,1-4H3/b11-8+. The molecule has 3 aromatic rings. The number of piperazine rings is 1. The third-order valence-corrected chi connectivity index (χ3v) is 6.78. The van der Waals surface area contributed by atoms with Gasteiger partial charge in [-0.2, -0.15) is 0 Å². The van der Waals surface area contributed by atoms with Crippen LogP contribution < -0.4 is 9.47 Å². The van der Waals surface area contributed by atoms with Crippen molar-refractivity contribution >= 4 is 12.0 Å². The summed E-state index contributed by atoms with van der Waals surface area (Å²) in [4.78, 5) is 17.6. The van der Waals surface area contributed by atoms with Crippen molar-refractivity contribution in [3.63, 3.8) is 0 Å². The third kappa shape index (κ3) is 7.23. The summed E-state index contributed by atoms with van der Waals surface area (Å²) in [5.41, 5.74) is 4.09. The molecule has 5 heteroatoms. The maximum atomic E-state index is 13.3. The number of ether oxygens (including phenoxy) is 2. The van der Waals surface area contributed by atoms with E-state index in [0.29, 0.717) is 12.2 Å². The Kier molecular flexibility index (Phi) is 8.67. The molecule has 0 N–H and O–H groups in total. The maximum absolute atomic E-state index is 13.3. The smallest absolute Gasteiger partial charge is 0.253 e. The van der Waals surface area contributed by atoms with Gasteiger partial charge in [0.25, 0.3) is 5.91 Å². The van der Waals surface area contributed by atoms with Crippen molar-refractivity contribution in [1.82, 2.24) is 9.80 Å². The maximum Gasteiger partial charge on any atom is 0.253 e. The van der Waals surface area contributed by atoms with E-state index < -0.39 is 0 Å². The Morgan fingerprint density at radius 2 is 1.62 bits per heavy atom. The molecule has 3 aromatic carbocycles. The van der Waals surface area contributed by atoms with E-state index in [4.69, 9.17) is 9.47 Å². The number of nitrogens with zero attached hydrogens (tertiary/aromatic N) is 2. The fraction of sp³-hybridized carbons (Fsp3) is 0.344. The van der Waals surface area contributed by atoms with E-state index in [1.54, 1.807) is 7.11 Å². The van der Waals surface area contributed by atoms with Crippen LogP contribution in [0.25, 0.3) is 6.08 Å². The van der Waals surface area contributed by atoms with E-state index in [9.17, 15) is 4.79 Å². The monoisotopic (exact) mass is 498 g/mol. The lowest BCUT2D eigenvalue weighted by molar-refractivity contribution is 0.0650. The molecule has 0 bridgehead atoms. The van der Waals surface area contributed by atoms with Crippen molar-refractivity contribution in [1.29, 1.82) is 0 Å². The largest absolute Gasteiger partial charge is 0.496 e. The van der Waals surface area contributed by atoms with E-state index in [2.05, 4.69) is 62.1 Å². The molecule has 0 atom stereocenters. The van der Waals surface area contributed by atoms with Crippen molar-refractivity contribution < 1.29 is 14.3 Å². The minimum Gasteiger partial charge on any atom is -0.496 e. The highest BCUT2D eigenvalue weighted by Crippen LogP contribution is 2.26. The molecule has 1 fully saturated rings. The Morgan fingerprint density at radius 3 is 2.27 bits per heavy atom. The average molecular weight is 499 g/mol. The fourth-order valence-corrected chi connectivity index (χ4v) is 4.45. The van der Waals surface area contributed by atoms with Crippen molar-refractivity contribution in [3.8, 4) is 11.5 Å². The predicted molar refractivity (Wildman–Crippen MR) is 150 cm³/mol. The summed E-state index contributed by atoms with van der Waals surface area (Å²) < 4.78 is 11.6. The van der Waals surface area contributed by atoms with Crippen molar-refractivity contribution in [2.24, 2.45) is 0 Å². The summed E-state index contributed by atoms with van der Waals surface area (Å²) in [5.74, 6) is 1.57. The number of rotatable bonds is 8. The lowest BCUT2D eigenvalue weighted by Gasteiger charge is -2.34.